The maximum atomic E-state index is 11.3. The zero-order valence-corrected chi connectivity index (χ0v) is 9.07. The molecule has 1 rings (SSSR count). The van der Waals surface area contributed by atoms with E-state index in [1.54, 1.807) is 31.4 Å². The van der Waals surface area contributed by atoms with Gasteiger partial charge in [-0.2, -0.15) is 0 Å². The van der Waals surface area contributed by atoms with Crippen molar-refractivity contribution in [2.75, 3.05) is 7.11 Å². The van der Waals surface area contributed by atoms with Crippen LogP contribution in [0.1, 0.15) is 19.4 Å². The van der Waals surface area contributed by atoms with Crippen molar-refractivity contribution in [1.82, 2.24) is 0 Å². The van der Waals surface area contributed by atoms with Crippen molar-refractivity contribution in [1.29, 1.82) is 0 Å². The predicted molar refractivity (Wildman–Crippen MR) is 58.9 cm³/mol. The summed E-state index contributed by atoms with van der Waals surface area (Å²) in [5, 5.41) is 9.42. The fraction of sp³-hybridized carbons (Fsp3) is 0.250. The molecule has 1 aromatic rings. The van der Waals surface area contributed by atoms with Gasteiger partial charge in [-0.3, -0.25) is 4.79 Å². The summed E-state index contributed by atoms with van der Waals surface area (Å²) >= 11 is 0. The lowest BCUT2D eigenvalue weighted by Gasteiger charge is -2.07. The summed E-state index contributed by atoms with van der Waals surface area (Å²) in [6, 6.07) is 7.05. The summed E-state index contributed by atoms with van der Waals surface area (Å²) in [6.07, 6.45) is 0. The van der Waals surface area contributed by atoms with E-state index in [2.05, 4.69) is 0 Å². The number of aliphatic hydroxyl groups excluding tert-OH is 1. The van der Waals surface area contributed by atoms with Gasteiger partial charge in [-0.25, -0.2) is 0 Å². The van der Waals surface area contributed by atoms with Crippen LogP contribution in [0.25, 0.3) is 5.57 Å². The molecule has 15 heavy (non-hydrogen) atoms. The van der Waals surface area contributed by atoms with E-state index in [0.29, 0.717) is 16.9 Å². The van der Waals surface area contributed by atoms with Crippen LogP contribution in [-0.2, 0) is 4.79 Å². The van der Waals surface area contributed by atoms with Crippen LogP contribution in [0.3, 0.4) is 0 Å². The summed E-state index contributed by atoms with van der Waals surface area (Å²) < 4.78 is 5.05. The molecule has 0 spiro atoms. The Morgan fingerprint density at radius 2 is 2.00 bits per heavy atom. The van der Waals surface area contributed by atoms with Crippen molar-refractivity contribution < 1.29 is 14.6 Å². The summed E-state index contributed by atoms with van der Waals surface area (Å²) in [5.41, 5.74) is 0.996. The fourth-order valence-corrected chi connectivity index (χ4v) is 1.45. The third kappa shape index (κ3) is 2.59. The Kier molecular flexibility index (Phi) is 3.50. The highest BCUT2D eigenvalue weighted by Crippen LogP contribution is 2.22. The molecule has 0 heterocycles. The first-order valence-corrected chi connectivity index (χ1v) is 4.61. The summed E-state index contributed by atoms with van der Waals surface area (Å²) in [5.74, 6) is 0.520. The molecule has 0 atom stereocenters. The van der Waals surface area contributed by atoms with Gasteiger partial charge in [-0.15, -0.1) is 0 Å². The molecule has 0 fully saturated rings. The van der Waals surface area contributed by atoms with Crippen molar-refractivity contribution in [3.8, 4) is 5.75 Å². The number of hydrogen-bond donors (Lipinski definition) is 1. The Bertz CT molecular complexity index is 401. The minimum Gasteiger partial charge on any atom is -0.512 e. The quantitative estimate of drug-likeness (QED) is 0.610. The van der Waals surface area contributed by atoms with Crippen LogP contribution in [0.4, 0.5) is 0 Å². The molecule has 80 valence electrons. The molecule has 0 aliphatic carbocycles. The molecule has 0 aliphatic rings. The number of ketones is 1. The number of carbonyl (C=O) groups is 1. The molecule has 3 nitrogen and oxygen atoms in total. The van der Waals surface area contributed by atoms with Gasteiger partial charge >= 0.3 is 0 Å². The van der Waals surface area contributed by atoms with Crippen molar-refractivity contribution in [3.05, 3.63) is 35.6 Å². The molecule has 0 saturated carbocycles. The minimum atomic E-state index is -0.164. The minimum absolute atomic E-state index is 0.0238. The number of allylic oxidation sites excluding steroid dienone is 2. The highest BCUT2D eigenvalue weighted by Gasteiger charge is 2.11. The molecule has 1 N–H and O–H groups in total. The summed E-state index contributed by atoms with van der Waals surface area (Å²) in [7, 11) is 1.56. The number of carbonyl (C=O) groups excluding carboxylic acids is 1. The largest absolute Gasteiger partial charge is 0.512 e. The number of methoxy groups -OCH3 is 1. The molecule has 3 heteroatoms. The molecule has 0 saturated heterocycles. The molecule has 0 aliphatic heterocycles. The second-order valence-corrected chi connectivity index (χ2v) is 3.25. The first-order valence-electron chi connectivity index (χ1n) is 4.61. The van der Waals surface area contributed by atoms with Gasteiger partial charge in [0.2, 0.25) is 0 Å². The van der Waals surface area contributed by atoms with Crippen LogP contribution in [0.2, 0.25) is 0 Å². The number of ether oxygens (including phenoxy) is 1. The zero-order chi connectivity index (χ0) is 11.4. The standard InChI is InChI=1S/C12H14O3/c1-8(13)12(9(2)14)10-5-4-6-11(7-10)15-3/h4-7,13H,1-3H3/b12-8+. The van der Waals surface area contributed by atoms with Crippen molar-refractivity contribution in [3.63, 3.8) is 0 Å². The average Bonchev–Trinajstić information content (AvgIpc) is 2.17. The monoisotopic (exact) mass is 206 g/mol. The van der Waals surface area contributed by atoms with E-state index in [4.69, 9.17) is 4.74 Å². The van der Waals surface area contributed by atoms with Crippen LogP contribution in [-0.4, -0.2) is 18.0 Å². The second-order valence-electron chi connectivity index (χ2n) is 3.25. The van der Waals surface area contributed by atoms with E-state index >= 15 is 0 Å². The van der Waals surface area contributed by atoms with E-state index in [9.17, 15) is 9.90 Å². The highest BCUT2D eigenvalue weighted by atomic mass is 16.5. The third-order valence-corrected chi connectivity index (χ3v) is 2.07. The maximum absolute atomic E-state index is 11.3. The second kappa shape index (κ2) is 4.64. The maximum Gasteiger partial charge on any atom is 0.163 e. The molecule has 0 amide bonds. The van der Waals surface area contributed by atoms with Crippen LogP contribution in [0.15, 0.2) is 30.0 Å². The Morgan fingerprint density at radius 3 is 2.47 bits per heavy atom. The van der Waals surface area contributed by atoms with Crippen molar-refractivity contribution >= 4 is 11.4 Å². The van der Waals surface area contributed by atoms with Gasteiger partial charge in [0.15, 0.2) is 5.78 Å². The molecule has 0 radical (unpaired) electrons. The molecule has 0 bridgehead atoms. The number of rotatable bonds is 3. The third-order valence-electron chi connectivity index (χ3n) is 2.07. The molecular weight excluding hydrogens is 192 g/mol. The smallest absolute Gasteiger partial charge is 0.163 e. The number of Topliss-reactive ketones (excluding diaryl/α,β-unsaturated/α-hetero) is 1. The number of benzene rings is 1. The van der Waals surface area contributed by atoms with Gasteiger partial charge in [0.05, 0.1) is 12.7 Å². The first-order chi connectivity index (χ1) is 7.06. The van der Waals surface area contributed by atoms with Crippen LogP contribution in [0.5, 0.6) is 5.75 Å². The molecule has 0 aromatic heterocycles. The average molecular weight is 206 g/mol. The Labute approximate surface area is 89.0 Å². The van der Waals surface area contributed by atoms with E-state index in [1.165, 1.54) is 13.8 Å². The lowest BCUT2D eigenvalue weighted by molar-refractivity contribution is -0.111. The number of hydrogen-bond acceptors (Lipinski definition) is 3. The van der Waals surface area contributed by atoms with Crippen molar-refractivity contribution in [2.24, 2.45) is 0 Å². The Morgan fingerprint density at radius 1 is 1.33 bits per heavy atom. The van der Waals surface area contributed by atoms with E-state index in [-0.39, 0.29) is 11.5 Å². The van der Waals surface area contributed by atoms with Crippen molar-refractivity contribution in [2.45, 2.75) is 13.8 Å². The first kappa shape index (κ1) is 11.3. The van der Waals surface area contributed by atoms with E-state index in [0.717, 1.165) is 0 Å². The normalized spacial score (nSPS) is 11.9. The molecule has 0 unspecified atom stereocenters. The predicted octanol–water partition coefficient (Wildman–Crippen LogP) is 2.57. The van der Waals surface area contributed by atoms with Crippen LogP contribution in [0, 0.1) is 0 Å². The van der Waals surface area contributed by atoms with E-state index < -0.39 is 0 Å². The van der Waals surface area contributed by atoms with Gasteiger partial charge in [-0.05, 0) is 31.5 Å². The van der Waals surface area contributed by atoms with Crippen LogP contribution >= 0.6 is 0 Å². The highest BCUT2D eigenvalue weighted by molar-refractivity contribution is 6.20. The van der Waals surface area contributed by atoms with Gasteiger partial charge in [0, 0.05) is 0 Å². The number of aliphatic hydroxyl groups is 1. The van der Waals surface area contributed by atoms with E-state index in [1.807, 2.05) is 0 Å². The van der Waals surface area contributed by atoms with Crippen LogP contribution < -0.4 is 4.74 Å². The topological polar surface area (TPSA) is 46.5 Å². The van der Waals surface area contributed by atoms with Gasteiger partial charge < -0.3 is 9.84 Å². The lowest BCUT2D eigenvalue weighted by Crippen LogP contribution is -1.99. The fourth-order valence-electron chi connectivity index (χ4n) is 1.45. The molecular formula is C12H14O3. The van der Waals surface area contributed by atoms with Gasteiger partial charge in [0.25, 0.3) is 0 Å². The van der Waals surface area contributed by atoms with Gasteiger partial charge in [-0.1, -0.05) is 12.1 Å². The lowest BCUT2D eigenvalue weighted by atomic mass is 10.0. The summed E-state index contributed by atoms with van der Waals surface area (Å²) in [6.45, 7) is 2.92. The molecule has 1 aromatic carbocycles. The summed E-state index contributed by atoms with van der Waals surface area (Å²) in [4.78, 5) is 11.3. The Hall–Kier alpha value is -1.77. The SMILES string of the molecule is COc1cccc(/C(C(C)=O)=C(\C)O)c1. The van der Waals surface area contributed by atoms with Gasteiger partial charge in [0.1, 0.15) is 11.5 Å². The Balaban J connectivity index is 3.25. The zero-order valence-electron chi connectivity index (χ0n) is 9.07.